The number of halogens is 1. The molecule has 1 N–H and O–H groups in total. The second-order valence-electron chi connectivity index (χ2n) is 6.45. The van der Waals surface area contributed by atoms with Gasteiger partial charge in [0, 0.05) is 45.5 Å². The molecule has 1 aliphatic rings. The van der Waals surface area contributed by atoms with Crippen molar-refractivity contribution in [2.24, 2.45) is 0 Å². The van der Waals surface area contributed by atoms with Gasteiger partial charge in [-0.05, 0) is 30.3 Å². The van der Waals surface area contributed by atoms with Crippen LogP contribution in [0.15, 0.2) is 42.6 Å². The van der Waals surface area contributed by atoms with Gasteiger partial charge in [0.1, 0.15) is 5.15 Å². The van der Waals surface area contributed by atoms with Crippen molar-refractivity contribution in [1.29, 1.82) is 0 Å². The lowest BCUT2D eigenvalue weighted by molar-refractivity contribution is 0.0950. The average molecular weight is 359 g/mol. The first kappa shape index (κ1) is 17.9. The third-order valence-electron chi connectivity index (χ3n) is 4.47. The normalized spacial score (nSPS) is 15.9. The molecule has 0 bridgehead atoms. The second-order valence-corrected chi connectivity index (χ2v) is 6.84. The van der Waals surface area contributed by atoms with Crippen molar-refractivity contribution in [3.63, 3.8) is 0 Å². The summed E-state index contributed by atoms with van der Waals surface area (Å²) in [5, 5.41) is 3.28. The van der Waals surface area contributed by atoms with Crippen LogP contribution in [-0.4, -0.2) is 53.9 Å². The number of hydrogen-bond donors (Lipinski definition) is 1. The molecule has 1 saturated heterocycles. The highest BCUT2D eigenvalue weighted by Gasteiger charge is 2.13. The van der Waals surface area contributed by atoms with Crippen LogP contribution in [-0.2, 0) is 13.1 Å². The molecule has 1 aromatic carbocycles. The lowest BCUT2D eigenvalue weighted by Gasteiger charge is -2.32. The first-order chi connectivity index (χ1) is 12.1. The van der Waals surface area contributed by atoms with Gasteiger partial charge < -0.3 is 10.2 Å². The Morgan fingerprint density at radius 2 is 1.76 bits per heavy atom. The summed E-state index contributed by atoms with van der Waals surface area (Å²) in [6, 6.07) is 11.7. The first-order valence-electron chi connectivity index (χ1n) is 8.48. The Morgan fingerprint density at radius 3 is 2.40 bits per heavy atom. The van der Waals surface area contributed by atoms with E-state index in [1.54, 1.807) is 12.1 Å². The van der Waals surface area contributed by atoms with Gasteiger partial charge in [0.05, 0.1) is 5.56 Å². The number of benzene rings is 1. The fourth-order valence-electron chi connectivity index (χ4n) is 2.82. The van der Waals surface area contributed by atoms with Crippen molar-refractivity contribution < 1.29 is 4.79 Å². The van der Waals surface area contributed by atoms with Crippen LogP contribution >= 0.6 is 11.6 Å². The number of hydrogen-bond acceptors (Lipinski definition) is 4. The Labute approximate surface area is 153 Å². The summed E-state index contributed by atoms with van der Waals surface area (Å²) in [4.78, 5) is 20.8. The Balaban J connectivity index is 1.49. The molecule has 0 radical (unpaired) electrons. The van der Waals surface area contributed by atoms with E-state index in [4.69, 9.17) is 11.6 Å². The smallest absolute Gasteiger partial charge is 0.253 e. The quantitative estimate of drug-likeness (QED) is 0.834. The van der Waals surface area contributed by atoms with Gasteiger partial charge in [-0.15, -0.1) is 0 Å². The van der Waals surface area contributed by atoms with Crippen molar-refractivity contribution >= 4 is 17.5 Å². The van der Waals surface area contributed by atoms with E-state index in [2.05, 4.69) is 51.4 Å². The maximum Gasteiger partial charge on any atom is 0.253 e. The minimum Gasteiger partial charge on any atom is -0.348 e. The van der Waals surface area contributed by atoms with E-state index in [0.717, 1.165) is 38.3 Å². The summed E-state index contributed by atoms with van der Waals surface area (Å²) in [7, 11) is 2.17. The van der Waals surface area contributed by atoms with E-state index in [9.17, 15) is 4.79 Å². The molecule has 25 heavy (non-hydrogen) atoms. The minimum absolute atomic E-state index is 0.148. The largest absolute Gasteiger partial charge is 0.348 e. The molecule has 3 rings (SSSR count). The fraction of sp³-hybridized carbons (Fsp3) is 0.368. The van der Waals surface area contributed by atoms with E-state index in [1.165, 1.54) is 11.8 Å². The van der Waals surface area contributed by atoms with Crippen molar-refractivity contribution in [3.8, 4) is 0 Å². The van der Waals surface area contributed by atoms with Crippen LogP contribution in [0.2, 0.25) is 5.15 Å². The number of carbonyl (C=O) groups excluding carboxylic acids is 1. The van der Waals surface area contributed by atoms with Crippen LogP contribution in [0.1, 0.15) is 21.5 Å². The van der Waals surface area contributed by atoms with E-state index >= 15 is 0 Å². The van der Waals surface area contributed by atoms with E-state index < -0.39 is 0 Å². The number of piperazine rings is 1. The fourth-order valence-corrected chi connectivity index (χ4v) is 2.93. The molecule has 0 unspecified atom stereocenters. The molecule has 2 heterocycles. The average Bonchev–Trinajstić information content (AvgIpc) is 2.63. The number of aromatic nitrogens is 1. The summed E-state index contributed by atoms with van der Waals surface area (Å²) in [5.74, 6) is -0.148. The van der Waals surface area contributed by atoms with Crippen LogP contribution in [0.4, 0.5) is 0 Å². The summed E-state index contributed by atoms with van der Waals surface area (Å²) in [6.07, 6.45) is 1.48. The molecular weight excluding hydrogens is 336 g/mol. The van der Waals surface area contributed by atoms with Crippen LogP contribution in [0.3, 0.4) is 0 Å². The predicted octanol–water partition coefficient (Wildman–Crippen LogP) is 2.41. The van der Waals surface area contributed by atoms with Crippen LogP contribution in [0.5, 0.6) is 0 Å². The van der Waals surface area contributed by atoms with E-state index in [-0.39, 0.29) is 5.91 Å². The number of pyridine rings is 1. The number of rotatable bonds is 5. The molecule has 0 saturated carbocycles. The Bertz CT molecular complexity index is 694. The molecule has 0 aliphatic carbocycles. The zero-order valence-corrected chi connectivity index (χ0v) is 15.2. The lowest BCUT2D eigenvalue weighted by Crippen LogP contribution is -2.43. The van der Waals surface area contributed by atoms with Gasteiger partial charge in [-0.1, -0.05) is 35.9 Å². The summed E-state index contributed by atoms with van der Waals surface area (Å²) in [5.41, 5.74) is 2.90. The summed E-state index contributed by atoms with van der Waals surface area (Å²) >= 11 is 5.73. The highest BCUT2D eigenvalue weighted by Crippen LogP contribution is 2.10. The molecule has 2 aromatic rings. The number of likely N-dealkylation sites (N-methyl/N-ethyl adjacent to an activating group) is 1. The molecule has 1 fully saturated rings. The minimum atomic E-state index is -0.148. The van der Waals surface area contributed by atoms with E-state index in [0.29, 0.717) is 17.3 Å². The first-order valence-corrected chi connectivity index (χ1v) is 8.86. The molecule has 1 aliphatic heterocycles. The molecule has 1 aromatic heterocycles. The van der Waals surface area contributed by atoms with Gasteiger partial charge in [0.15, 0.2) is 0 Å². The van der Waals surface area contributed by atoms with Gasteiger partial charge >= 0.3 is 0 Å². The van der Waals surface area contributed by atoms with Crippen LogP contribution in [0, 0.1) is 0 Å². The Hall–Kier alpha value is -1.95. The number of carbonyl (C=O) groups is 1. The topological polar surface area (TPSA) is 48.5 Å². The maximum atomic E-state index is 12.1. The molecule has 132 valence electrons. The van der Waals surface area contributed by atoms with Crippen LogP contribution in [0.25, 0.3) is 0 Å². The third kappa shape index (κ3) is 5.26. The summed E-state index contributed by atoms with van der Waals surface area (Å²) in [6.45, 7) is 5.97. The van der Waals surface area contributed by atoms with Gasteiger partial charge in [0.25, 0.3) is 5.91 Å². The standard InChI is InChI=1S/C19H23ClN4O/c1-23-8-10-24(11-9-23)14-16-4-2-15(3-5-16)12-22-19(25)17-6-7-18(20)21-13-17/h2-7,13H,8-12,14H2,1H3,(H,22,25). The zero-order valence-electron chi connectivity index (χ0n) is 14.4. The molecular formula is C19H23ClN4O. The van der Waals surface area contributed by atoms with E-state index in [1.807, 2.05) is 0 Å². The maximum absolute atomic E-state index is 12.1. The van der Waals surface area contributed by atoms with Crippen LogP contribution < -0.4 is 5.32 Å². The Morgan fingerprint density at radius 1 is 1.08 bits per heavy atom. The molecule has 6 heteroatoms. The van der Waals surface area contributed by atoms with Gasteiger partial charge in [0.2, 0.25) is 0 Å². The van der Waals surface area contributed by atoms with Crippen molar-refractivity contribution in [2.75, 3.05) is 33.2 Å². The highest BCUT2D eigenvalue weighted by molar-refractivity contribution is 6.29. The number of nitrogens with one attached hydrogen (secondary N) is 1. The van der Waals surface area contributed by atoms with Gasteiger partial charge in [-0.2, -0.15) is 0 Å². The SMILES string of the molecule is CN1CCN(Cc2ccc(CNC(=O)c3ccc(Cl)nc3)cc2)CC1. The second kappa shape index (κ2) is 8.43. The Kier molecular flexibility index (Phi) is 6.02. The third-order valence-corrected chi connectivity index (χ3v) is 4.69. The predicted molar refractivity (Wildman–Crippen MR) is 99.6 cm³/mol. The van der Waals surface area contributed by atoms with Crippen molar-refractivity contribution in [3.05, 3.63) is 64.4 Å². The number of nitrogens with zero attached hydrogens (tertiary/aromatic N) is 3. The summed E-state index contributed by atoms with van der Waals surface area (Å²) < 4.78 is 0. The molecule has 1 amide bonds. The number of amides is 1. The monoisotopic (exact) mass is 358 g/mol. The van der Waals surface area contributed by atoms with Gasteiger partial charge in [-0.3, -0.25) is 9.69 Å². The van der Waals surface area contributed by atoms with Crippen molar-refractivity contribution in [1.82, 2.24) is 20.1 Å². The molecule has 5 nitrogen and oxygen atoms in total. The zero-order chi connectivity index (χ0) is 17.6. The highest BCUT2D eigenvalue weighted by atomic mass is 35.5. The van der Waals surface area contributed by atoms with Crippen molar-refractivity contribution in [2.45, 2.75) is 13.1 Å². The lowest BCUT2D eigenvalue weighted by atomic mass is 10.1. The van der Waals surface area contributed by atoms with Gasteiger partial charge in [-0.25, -0.2) is 4.98 Å². The molecule has 0 spiro atoms. The molecule has 0 atom stereocenters.